The summed E-state index contributed by atoms with van der Waals surface area (Å²) in [7, 11) is -3.95. The average Bonchev–Trinajstić information content (AvgIpc) is 2.82. The van der Waals surface area contributed by atoms with Crippen molar-refractivity contribution < 1.29 is 27.1 Å². The van der Waals surface area contributed by atoms with E-state index in [1.165, 1.54) is 58.9 Å². The molecule has 0 spiro atoms. The van der Waals surface area contributed by atoms with Gasteiger partial charge >= 0.3 is 0 Å². The molecule has 4 rings (SSSR count). The van der Waals surface area contributed by atoms with Gasteiger partial charge in [-0.2, -0.15) is 4.31 Å². The van der Waals surface area contributed by atoms with Crippen molar-refractivity contribution in [1.82, 2.24) is 4.31 Å². The van der Waals surface area contributed by atoms with E-state index in [4.69, 9.17) is 11.6 Å². The van der Waals surface area contributed by atoms with E-state index in [0.29, 0.717) is 5.56 Å². The molecule has 3 aromatic carbocycles. The fourth-order valence-electron chi connectivity index (χ4n) is 3.89. The number of sulfonamides is 1. The van der Waals surface area contributed by atoms with E-state index >= 15 is 0 Å². The number of hydrogen-bond donors (Lipinski definition) is 2. The van der Waals surface area contributed by atoms with Crippen LogP contribution in [0.25, 0.3) is 0 Å². The normalized spacial score (nSPS) is 16.2. The lowest BCUT2D eigenvalue weighted by Crippen LogP contribution is -2.45. The molecule has 2 N–H and O–H groups in total. The number of carbonyl (C=O) groups excluding carboxylic acids is 1. The maximum absolute atomic E-state index is 13.6. The highest BCUT2D eigenvalue weighted by Crippen LogP contribution is 2.35. The first-order chi connectivity index (χ1) is 16.1. The van der Waals surface area contributed by atoms with Crippen LogP contribution in [-0.4, -0.2) is 36.8 Å². The van der Waals surface area contributed by atoms with E-state index in [2.05, 4.69) is 5.32 Å². The van der Waals surface area contributed by atoms with Crippen LogP contribution in [0.1, 0.15) is 28.8 Å². The lowest BCUT2D eigenvalue weighted by molar-refractivity contribution is -0.00985. The summed E-state index contributed by atoms with van der Waals surface area (Å²) in [6.07, 6.45) is 0.197. The minimum atomic E-state index is -3.95. The number of halogens is 3. The zero-order valence-corrected chi connectivity index (χ0v) is 19.4. The lowest BCUT2D eigenvalue weighted by atomic mass is 9.85. The molecule has 0 unspecified atom stereocenters. The van der Waals surface area contributed by atoms with Crippen molar-refractivity contribution >= 4 is 33.2 Å². The average molecular weight is 507 g/mol. The monoisotopic (exact) mass is 506 g/mol. The number of aliphatic hydroxyl groups is 1. The summed E-state index contributed by atoms with van der Waals surface area (Å²) in [5.74, 6) is -1.68. The second kappa shape index (κ2) is 9.42. The molecule has 178 valence electrons. The van der Waals surface area contributed by atoms with Crippen LogP contribution in [-0.2, 0) is 15.6 Å². The van der Waals surface area contributed by atoms with E-state index < -0.39 is 33.2 Å². The number of carbonyl (C=O) groups is 1. The highest BCUT2D eigenvalue weighted by atomic mass is 35.5. The Labute approximate surface area is 200 Å². The first kappa shape index (κ1) is 24.3. The number of rotatable bonds is 5. The molecule has 10 heteroatoms. The molecule has 1 saturated heterocycles. The maximum Gasteiger partial charge on any atom is 0.255 e. The Morgan fingerprint density at radius 2 is 1.71 bits per heavy atom. The van der Waals surface area contributed by atoms with Gasteiger partial charge in [-0.25, -0.2) is 17.2 Å². The summed E-state index contributed by atoms with van der Waals surface area (Å²) in [4.78, 5) is 12.5. The second-order valence-corrected chi connectivity index (χ2v) is 10.4. The zero-order valence-electron chi connectivity index (χ0n) is 17.8. The van der Waals surface area contributed by atoms with Crippen molar-refractivity contribution in [2.45, 2.75) is 23.3 Å². The van der Waals surface area contributed by atoms with Crippen LogP contribution in [0.2, 0.25) is 5.02 Å². The number of nitrogens with zero attached hydrogens (tertiary/aromatic N) is 1. The summed E-state index contributed by atoms with van der Waals surface area (Å²) < 4.78 is 54.5. The van der Waals surface area contributed by atoms with Gasteiger partial charge in [0.15, 0.2) is 0 Å². The van der Waals surface area contributed by atoms with Crippen LogP contribution in [0.3, 0.4) is 0 Å². The largest absolute Gasteiger partial charge is 0.385 e. The Balaban J connectivity index is 1.49. The minimum Gasteiger partial charge on any atom is -0.385 e. The number of nitrogens with one attached hydrogen (secondary N) is 1. The van der Waals surface area contributed by atoms with Gasteiger partial charge < -0.3 is 10.4 Å². The molecule has 0 saturated carbocycles. The van der Waals surface area contributed by atoms with Crippen LogP contribution >= 0.6 is 11.6 Å². The Hall–Kier alpha value is -2.85. The summed E-state index contributed by atoms with van der Waals surface area (Å²) in [6.45, 7) is 0.0553. The highest BCUT2D eigenvalue weighted by Gasteiger charge is 2.38. The molecule has 1 heterocycles. The van der Waals surface area contributed by atoms with Crippen molar-refractivity contribution in [1.29, 1.82) is 0 Å². The fraction of sp³-hybridized carbons (Fsp3) is 0.208. The molecule has 34 heavy (non-hydrogen) atoms. The molecule has 1 fully saturated rings. The van der Waals surface area contributed by atoms with Gasteiger partial charge in [0.25, 0.3) is 5.91 Å². The van der Waals surface area contributed by atoms with Gasteiger partial charge in [-0.1, -0.05) is 29.8 Å². The Kier molecular flexibility index (Phi) is 6.73. The first-order valence-electron chi connectivity index (χ1n) is 10.4. The number of benzene rings is 3. The number of anilines is 1. The number of piperidine rings is 1. The van der Waals surface area contributed by atoms with Crippen LogP contribution in [0.5, 0.6) is 0 Å². The highest BCUT2D eigenvalue weighted by molar-refractivity contribution is 7.89. The van der Waals surface area contributed by atoms with Crippen LogP contribution in [0.15, 0.2) is 71.6 Å². The topological polar surface area (TPSA) is 86.7 Å². The molecule has 3 aromatic rings. The van der Waals surface area contributed by atoms with E-state index in [0.717, 1.165) is 6.07 Å². The van der Waals surface area contributed by atoms with Gasteiger partial charge in [-0.15, -0.1) is 0 Å². The van der Waals surface area contributed by atoms with Gasteiger partial charge in [-0.05, 0) is 66.9 Å². The van der Waals surface area contributed by atoms with Crippen LogP contribution in [0.4, 0.5) is 14.5 Å². The molecule has 1 aliphatic heterocycles. The first-order valence-corrected chi connectivity index (χ1v) is 12.3. The summed E-state index contributed by atoms with van der Waals surface area (Å²) in [5, 5.41) is 13.3. The fourth-order valence-corrected chi connectivity index (χ4v) is 5.56. The summed E-state index contributed by atoms with van der Waals surface area (Å²) in [6, 6.07) is 14.9. The van der Waals surface area contributed by atoms with Crippen molar-refractivity contribution in [3.8, 4) is 0 Å². The van der Waals surface area contributed by atoms with Crippen LogP contribution < -0.4 is 5.32 Å². The quantitative estimate of drug-likeness (QED) is 0.532. The minimum absolute atomic E-state index is 0.0276. The third-order valence-corrected chi connectivity index (χ3v) is 8.01. The Bertz CT molecular complexity index is 1340. The third kappa shape index (κ3) is 4.97. The third-order valence-electron chi connectivity index (χ3n) is 5.82. The maximum atomic E-state index is 13.6. The SMILES string of the molecule is O=C(Nc1ccc(F)c(Cl)c1)c1cccc(S(=O)(=O)N2CCC(O)(c3cccc(F)c3)CC2)c1. The Morgan fingerprint density at radius 3 is 2.38 bits per heavy atom. The molecule has 0 radical (unpaired) electrons. The standard InChI is InChI=1S/C24H21ClF2N2O4S/c25-21-15-19(7-8-22(21)27)28-23(30)16-3-1-6-20(13-16)34(32,33)29-11-9-24(31,10-12-29)17-4-2-5-18(26)14-17/h1-8,13-15,31H,9-12H2,(H,28,30). The zero-order chi connectivity index (χ0) is 24.5. The van der Waals surface area contributed by atoms with Gasteiger partial charge in [0.1, 0.15) is 11.6 Å². The second-order valence-electron chi connectivity index (χ2n) is 8.06. The van der Waals surface area contributed by atoms with Crippen molar-refractivity contribution in [3.63, 3.8) is 0 Å². The summed E-state index contributed by atoms with van der Waals surface area (Å²) in [5.41, 5.74) is -0.567. The molecule has 6 nitrogen and oxygen atoms in total. The molecule has 0 aromatic heterocycles. The van der Waals surface area contributed by atoms with E-state index in [1.54, 1.807) is 6.07 Å². The van der Waals surface area contributed by atoms with Gasteiger partial charge in [0, 0.05) is 24.3 Å². The predicted molar refractivity (Wildman–Crippen MR) is 124 cm³/mol. The molecule has 0 aliphatic carbocycles. The molecule has 1 aliphatic rings. The molecule has 1 amide bonds. The Morgan fingerprint density at radius 1 is 1.00 bits per heavy atom. The van der Waals surface area contributed by atoms with E-state index in [-0.39, 0.29) is 47.1 Å². The van der Waals surface area contributed by atoms with Crippen molar-refractivity contribution in [3.05, 3.63) is 94.5 Å². The summed E-state index contributed by atoms with van der Waals surface area (Å²) >= 11 is 5.73. The molecular formula is C24H21ClF2N2O4S. The van der Waals surface area contributed by atoms with Crippen molar-refractivity contribution in [2.75, 3.05) is 18.4 Å². The predicted octanol–water partition coefficient (Wildman–Crippen LogP) is 4.54. The lowest BCUT2D eigenvalue weighted by Gasteiger charge is -2.37. The van der Waals surface area contributed by atoms with Crippen molar-refractivity contribution in [2.24, 2.45) is 0 Å². The van der Waals surface area contributed by atoms with Gasteiger partial charge in [0.2, 0.25) is 10.0 Å². The van der Waals surface area contributed by atoms with E-state index in [1.807, 2.05) is 0 Å². The smallest absolute Gasteiger partial charge is 0.255 e. The van der Waals surface area contributed by atoms with Gasteiger partial charge in [-0.3, -0.25) is 4.79 Å². The number of hydrogen-bond acceptors (Lipinski definition) is 4. The van der Waals surface area contributed by atoms with E-state index in [9.17, 15) is 27.1 Å². The number of amides is 1. The molecule has 0 bridgehead atoms. The van der Waals surface area contributed by atoms with Gasteiger partial charge in [0.05, 0.1) is 15.5 Å². The van der Waals surface area contributed by atoms with Crippen LogP contribution in [0, 0.1) is 11.6 Å². The molecule has 0 atom stereocenters. The molecular weight excluding hydrogens is 486 g/mol.